The van der Waals surface area contributed by atoms with Gasteiger partial charge in [0.25, 0.3) is 5.56 Å². The zero-order valence-electron chi connectivity index (χ0n) is 13.1. The van der Waals surface area contributed by atoms with Crippen LogP contribution in [0.15, 0.2) is 35.3 Å². The van der Waals surface area contributed by atoms with Crippen molar-refractivity contribution < 1.29 is 23.4 Å². The van der Waals surface area contributed by atoms with Crippen LogP contribution in [0.5, 0.6) is 11.5 Å². The number of halogens is 2. The quantitative estimate of drug-likeness (QED) is 0.876. The number of ether oxygens (including phenoxy) is 1. The van der Waals surface area contributed by atoms with E-state index in [4.69, 9.17) is 4.74 Å². The van der Waals surface area contributed by atoms with E-state index in [9.17, 15) is 23.5 Å². The Hall–Kier alpha value is -2.77. The molecule has 1 atom stereocenters. The van der Waals surface area contributed by atoms with E-state index >= 15 is 0 Å². The maximum absolute atomic E-state index is 13.5. The largest absolute Gasteiger partial charge is 0.480 e. The van der Waals surface area contributed by atoms with Crippen LogP contribution in [0.2, 0.25) is 0 Å². The first-order chi connectivity index (χ1) is 11.3. The molecule has 0 bridgehead atoms. The Morgan fingerprint density at radius 1 is 1.33 bits per heavy atom. The van der Waals surface area contributed by atoms with E-state index in [0.717, 1.165) is 29.1 Å². The minimum absolute atomic E-state index is 0.0308. The summed E-state index contributed by atoms with van der Waals surface area (Å²) in [6.45, 7) is 3.64. The molecule has 1 aromatic heterocycles. The van der Waals surface area contributed by atoms with Gasteiger partial charge in [0, 0.05) is 6.07 Å². The van der Waals surface area contributed by atoms with Gasteiger partial charge in [0.2, 0.25) is 0 Å². The molecule has 2 aromatic rings. The molecule has 6 nitrogen and oxygen atoms in total. The van der Waals surface area contributed by atoms with Crippen molar-refractivity contribution >= 4 is 5.97 Å². The van der Waals surface area contributed by atoms with E-state index in [0.29, 0.717) is 0 Å². The van der Waals surface area contributed by atoms with Crippen molar-refractivity contribution in [1.29, 1.82) is 0 Å². The van der Waals surface area contributed by atoms with Crippen LogP contribution in [0.25, 0.3) is 0 Å². The molecule has 1 N–H and O–H groups in total. The van der Waals surface area contributed by atoms with E-state index in [1.807, 2.05) is 13.8 Å². The lowest BCUT2D eigenvalue weighted by molar-refractivity contribution is -0.141. The Kier molecular flexibility index (Phi) is 5.28. The average molecular weight is 338 g/mol. The fourth-order valence-corrected chi connectivity index (χ4v) is 2.14. The first-order valence-electron chi connectivity index (χ1n) is 7.23. The molecule has 0 spiro atoms. The highest BCUT2D eigenvalue weighted by Crippen LogP contribution is 2.26. The van der Waals surface area contributed by atoms with Gasteiger partial charge >= 0.3 is 5.97 Å². The molecule has 0 fully saturated rings. The number of hydrogen-bond donors (Lipinski definition) is 1. The minimum Gasteiger partial charge on any atom is -0.480 e. The van der Waals surface area contributed by atoms with Gasteiger partial charge in [0.1, 0.15) is 0 Å². The minimum atomic E-state index is -1.19. The van der Waals surface area contributed by atoms with Crippen molar-refractivity contribution in [1.82, 2.24) is 9.78 Å². The summed E-state index contributed by atoms with van der Waals surface area (Å²) in [7, 11) is 0. The summed E-state index contributed by atoms with van der Waals surface area (Å²) in [5.74, 6) is -3.86. The second-order valence-corrected chi connectivity index (χ2v) is 5.61. The second-order valence-electron chi connectivity index (χ2n) is 5.61. The summed E-state index contributed by atoms with van der Waals surface area (Å²) in [4.78, 5) is 23.4. The number of para-hydroxylation sites is 1. The Morgan fingerprint density at radius 2 is 1.96 bits per heavy atom. The smallest absolute Gasteiger partial charge is 0.328 e. The predicted octanol–water partition coefficient (Wildman–Crippen LogP) is 2.99. The number of nitrogens with zero attached hydrogens (tertiary/aromatic N) is 2. The van der Waals surface area contributed by atoms with Crippen LogP contribution in [0, 0.1) is 17.6 Å². The van der Waals surface area contributed by atoms with Gasteiger partial charge in [-0.15, -0.1) is 0 Å². The molecule has 128 valence electrons. The highest BCUT2D eigenvalue weighted by atomic mass is 19.1. The van der Waals surface area contributed by atoms with Crippen LogP contribution >= 0.6 is 0 Å². The molecular formula is C16H16F2N2O4. The average Bonchev–Trinajstić information content (AvgIpc) is 2.49. The molecule has 8 heteroatoms. The molecule has 0 unspecified atom stereocenters. The summed E-state index contributed by atoms with van der Waals surface area (Å²) in [6.07, 6.45) is 1.26. The van der Waals surface area contributed by atoms with Crippen molar-refractivity contribution in [2.45, 2.75) is 26.3 Å². The molecule has 0 aliphatic heterocycles. The monoisotopic (exact) mass is 338 g/mol. The van der Waals surface area contributed by atoms with Crippen LogP contribution in [0.4, 0.5) is 8.78 Å². The number of aliphatic carboxylic acids is 1. The normalized spacial score (nSPS) is 12.2. The van der Waals surface area contributed by atoms with Crippen LogP contribution < -0.4 is 10.3 Å². The van der Waals surface area contributed by atoms with Crippen molar-refractivity contribution in [3.05, 3.63) is 52.5 Å². The molecule has 1 aromatic carbocycles. The van der Waals surface area contributed by atoms with Crippen molar-refractivity contribution in [2.24, 2.45) is 5.92 Å². The summed E-state index contributed by atoms with van der Waals surface area (Å²) >= 11 is 0. The lowest BCUT2D eigenvalue weighted by Gasteiger charge is -2.16. The SMILES string of the molecule is CC(C)C[C@H](C(=O)O)n1ncc(Oc2c(F)cccc2F)cc1=O. The number of carboxylic acids is 1. The van der Waals surface area contributed by atoms with E-state index in [1.165, 1.54) is 6.07 Å². The molecular weight excluding hydrogens is 322 g/mol. The number of hydrogen-bond acceptors (Lipinski definition) is 4. The maximum atomic E-state index is 13.5. The zero-order chi connectivity index (χ0) is 17.9. The van der Waals surface area contributed by atoms with Crippen molar-refractivity contribution in [3.63, 3.8) is 0 Å². The summed E-state index contributed by atoms with van der Waals surface area (Å²) in [5, 5.41) is 13.0. The Morgan fingerprint density at radius 3 is 2.46 bits per heavy atom. The highest BCUT2D eigenvalue weighted by molar-refractivity contribution is 5.71. The van der Waals surface area contributed by atoms with E-state index in [-0.39, 0.29) is 18.1 Å². The number of carboxylic acid groups (broad SMARTS) is 1. The number of benzene rings is 1. The van der Waals surface area contributed by atoms with Gasteiger partial charge in [-0.1, -0.05) is 19.9 Å². The van der Waals surface area contributed by atoms with Crippen LogP contribution in [-0.4, -0.2) is 20.9 Å². The van der Waals surface area contributed by atoms with Crippen LogP contribution in [0.3, 0.4) is 0 Å². The summed E-state index contributed by atoms with van der Waals surface area (Å²) in [5.41, 5.74) is -0.739. The van der Waals surface area contributed by atoms with Gasteiger partial charge in [0.15, 0.2) is 29.2 Å². The number of rotatable bonds is 6. The third kappa shape index (κ3) is 3.95. The first kappa shape index (κ1) is 17.6. The fraction of sp³-hybridized carbons (Fsp3) is 0.312. The van der Waals surface area contributed by atoms with Gasteiger partial charge in [-0.2, -0.15) is 5.10 Å². The topological polar surface area (TPSA) is 81.4 Å². The van der Waals surface area contributed by atoms with E-state index in [2.05, 4.69) is 5.10 Å². The van der Waals surface area contributed by atoms with Gasteiger partial charge in [0.05, 0.1) is 6.20 Å². The first-order valence-corrected chi connectivity index (χ1v) is 7.23. The molecule has 0 amide bonds. The van der Waals surface area contributed by atoms with Gasteiger partial charge in [-0.05, 0) is 24.5 Å². The van der Waals surface area contributed by atoms with Gasteiger partial charge in [-0.25, -0.2) is 18.3 Å². The van der Waals surface area contributed by atoms with Crippen molar-refractivity contribution in [2.75, 3.05) is 0 Å². The molecule has 0 aliphatic carbocycles. The third-order valence-electron chi connectivity index (χ3n) is 3.21. The molecule has 0 radical (unpaired) electrons. The summed E-state index contributed by atoms with van der Waals surface area (Å²) in [6, 6.07) is 3.01. The van der Waals surface area contributed by atoms with Crippen LogP contribution in [0.1, 0.15) is 26.3 Å². The Labute approximate surface area is 136 Å². The summed E-state index contributed by atoms with van der Waals surface area (Å²) < 4.78 is 32.9. The van der Waals surface area contributed by atoms with E-state index < -0.39 is 35.0 Å². The number of aromatic nitrogens is 2. The molecule has 1 heterocycles. The molecule has 24 heavy (non-hydrogen) atoms. The highest BCUT2D eigenvalue weighted by Gasteiger charge is 2.23. The molecule has 0 saturated carbocycles. The molecule has 0 saturated heterocycles. The van der Waals surface area contributed by atoms with Crippen LogP contribution in [-0.2, 0) is 4.79 Å². The maximum Gasteiger partial charge on any atom is 0.328 e. The van der Waals surface area contributed by atoms with Crippen molar-refractivity contribution in [3.8, 4) is 11.5 Å². The lowest BCUT2D eigenvalue weighted by atomic mass is 10.0. The second kappa shape index (κ2) is 7.20. The molecule has 2 rings (SSSR count). The fourth-order valence-electron chi connectivity index (χ4n) is 2.14. The lowest BCUT2D eigenvalue weighted by Crippen LogP contribution is -2.32. The predicted molar refractivity (Wildman–Crippen MR) is 81.1 cm³/mol. The Balaban J connectivity index is 2.33. The van der Waals surface area contributed by atoms with E-state index in [1.54, 1.807) is 0 Å². The van der Waals surface area contributed by atoms with Gasteiger partial charge < -0.3 is 9.84 Å². The zero-order valence-corrected chi connectivity index (χ0v) is 13.1. The Bertz CT molecular complexity index is 785. The van der Waals surface area contributed by atoms with Gasteiger partial charge in [-0.3, -0.25) is 4.79 Å². The molecule has 0 aliphatic rings. The third-order valence-corrected chi connectivity index (χ3v) is 3.21. The standard InChI is InChI=1S/C16H16F2N2O4/c1-9(2)6-13(16(22)23)20-14(21)7-10(8-19-20)24-15-11(17)4-3-5-12(15)18/h3-5,7-9,13H,6H2,1-2H3,(H,22,23)/t13-/m1/s1. The number of carbonyl (C=O) groups is 1.